The topological polar surface area (TPSA) is 110 Å². The third-order valence-electron chi connectivity index (χ3n) is 1.53. The number of nitrogens with one attached hydrogen (secondary N) is 1. The summed E-state index contributed by atoms with van der Waals surface area (Å²) in [5.41, 5.74) is 7.03. The number of hydrogen-bond donors (Lipinski definition) is 3. The van der Waals surface area contributed by atoms with Crippen LogP contribution in [0.15, 0.2) is 17.1 Å². The van der Waals surface area contributed by atoms with E-state index in [0.717, 1.165) is 4.68 Å². The molecule has 0 radical (unpaired) electrons. The smallest absolute Gasteiger partial charge is 0.368 e. The van der Waals surface area contributed by atoms with Crippen LogP contribution < -0.4 is 16.8 Å². The molecule has 0 bridgehead atoms. The quantitative estimate of drug-likeness (QED) is 0.565. The van der Waals surface area contributed by atoms with Crippen LogP contribution in [-0.4, -0.2) is 26.8 Å². The maximum Gasteiger partial charge on any atom is 0.368 e. The predicted octanol–water partition coefficient (Wildman–Crippen LogP) is -1.16. The van der Waals surface area contributed by atoms with Crippen molar-refractivity contribution in [2.24, 2.45) is 0 Å². The molecule has 7 nitrogen and oxygen atoms in total. The number of carbonyl (C=O) groups is 1. The summed E-state index contributed by atoms with van der Waals surface area (Å²) in [7, 11) is 0. The van der Waals surface area contributed by atoms with Gasteiger partial charge in [0.05, 0.1) is 0 Å². The van der Waals surface area contributed by atoms with Crippen LogP contribution in [-0.2, 0) is 4.79 Å². The van der Waals surface area contributed by atoms with Crippen LogP contribution >= 0.6 is 0 Å². The minimum absolute atomic E-state index is 0.0935. The Bertz CT molecular complexity index is 400. The molecule has 14 heavy (non-hydrogen) atoms. The molecule has 1 unspecified atom stereocenters. The molecule has 1 atom stereocenters. The molecule has 4 N–H and O–H groups in total. The Kier molecular flexibility index (Phi) is 2.70. The van der Waals surface area contributed by atoms with Gasteiger partial charge in [0.25, 0.3) is 0 Å². The number of carboxylic acids is 1. The molecule has 0 aliphatic carbocycles. The van der Waals surface area contributed by atoms with Crippen molar-refractivity contribution in [3.63, 3.8) is 0 Å². The first-order valence-corrected chi connectivity index (χ1v) is 3.85. The van der Waals surface area contributed by atoms with E-state index in [1.165, 1.54) is 19.2 Å². The summed E-state index contributed by atoms with van der Waals surface area (Å²) in [6.07, 6.45) is 1.32. The molecular formula is C7H10N4O3. The van der Waals surface area contributed by atoms with E-state index in [-0.39, 0.29) is 5.82 Å². The summed E-state index contributed by atoms with van der Waals surface area (Å²) >= 11 is 0. The van der Waals surface area contributed by atoms with E-state index < -0.39 is 17.7 Å². The van der Waals surface area contributed by atoms with Gasteiger partial charge in [-0.2, -0.15) is 4.98 Å². The van der Waals surface area contributed by atoms with E-state index in [2.05, 4.69) is 10.4 Å². The van der Waals surface area contributed by atoms with Crippen LogP contribution in [0, 0.1) is 0 Å². The van der Waals surface area contributed by atoms with Crippen LogP contribution in [0.5, 0.6) is 0 Å². The normalized spacial score (nSPS) is 12.1. The molecule has 0 amide bonds. The van der Waals surface area contributed by atoms with Crippen LogP contribution in [0.3, 0.4) is 0 Å². The van der Waals surface area contributed by atoms with Crippen LogP contribution in [0.1, 0.15) is 6.92 Å². The molecule has 0 fully saturated rings. The van der Waals surface area contributed by atoms with Gasteiger partial charge < -0.3 is 16.3 Å². The lowest BCUT2D eigenvalue weighted by Gasteiger charge is -2.11. The first-order chi connectivity index (χ1) is 6.50. The maximum atomic E-state index is 11.1. The second-order valence-corrected chi connectivity index (χ2v) is 2.69. The van der Waals surface area contributed by atoms with Gasteiger partial charge in [0.15, 0.2) is 0 Å². The molecule has 0 saturated heterocycles. The summed E-state index contributed by atoms with van der Waals surface area (Å²) in [5.74, 6) is -0.968. The first-order valence-electron chi connectivity index (χ1n) is 3.85. The zero-order chi connectivity index (χ0) is 10.7. The number of aliphatic carboxylic acids is 1. The van der Waals surface area contributed by atoms with Gasteiger partial charge in [-0.05, 0) is 13.0 Å². The van der Waals surface area contributed by atoms with Gasteiger partial charge in [0, 0.05) is 6.20 Å². The van der Waals surface area contributed by atoms with Gasteiger partial charge in [-0.3, -0.25) is 0 Å². The summed E-state index contributed by atoms with van der Waals surface area (Å²) < 4.78 is 0.967. The number of aromatic nitrogens is 2. The van der Waals surface area contributed by atoms with Crippen molar-refractivity contribution in [2.75, 3.05) is 11.2 Å². The highest BCUT2D eigenvalue weighted by Crippen LogP contribution is 1.89. The summed E-state index contributed by atoms with van der Waals surface area (Å²) in [6.45, 7) is 1.41. The summed E-state index contributed by atoms with van der Waals surface area (Å²) in [6, 6.07) is 0.515. The average Bonchev–Trinajstić information content (AvgIpc) is 2.09. The molecule has 7 heteroatoms. The van der Waals surface area contributed by atoms with Gasteiger partial charge in [-0.1, -0.05) is 0 Å². The molecular weight excluding hydrogens is 188 g/mol. The van der Waals surface area contributed by atoms with Crippen LogP contribution in [0.25, 0.3) is 0 Å². The molecule has 0 aliphatic rings. The Morgan fingerprint density at radius 2 is 2.43 bits per heavy atom. The Morgan fingerprint density at radius 3 is 2.93 bits per heavy atom. The number of rotatable bonds is 3. The van der Waals surface area contributed by atoms with Crippen molar-refractivity contribution in [1.82, 2.24) is 9.66 Å². The molecule has 76 valence electrons. The largest absolute Gasteiger partial charge is 0.480 e. The molecule has 0 saturated carbocycles. The molecule has 0 spiro atoms. The zero-order valence-electron chi connectivity index (χ0n) is 7.47. The molecule has 1 heterocycles. The van der Waals surface area contributed by atoms with E-state index in [1.807, 2.05) is 0 Å². The average molecular weight is 198 g/mol. The highest BCUT2D eigenvalue weighted by molar-refractivity contribution is 5.74. The molecule has 0 aromatic carbocycles. The fourth-order valence-electron chi connectivity index (χ4n) is 0.778. The Labute approximate surface area is 79.2 Å². The van der Waals surface area contributed by atoms with Gasteiger partial charge in [-0.15, -0.1) is 0 Å². The van der Waals surface area contributed by atoms with Crippen molar-refractivity contribution in [1.29, 1.82) is 0 Å². The maximum absolute atomic E-state index is 11.1. The fourth-order valence-corrected chi connectivity index (χ4v) is 0.778. The number of nitrogens with two attached hydrogens (primary N) is 1. The lowest BCUT2D eigenvalue weighted by atomic mass is 10.4. The molecule has 1 aromatic heterocycles. The highest BCUT2D eigenvalue weighted by Gasteiger charge is 2.10. The molecule has 0 aliphatic heterocycles. The van der Waals surface area contributed by atoms with Crippen molar-refractivity contribution < 1.29 is 9.90 Å². The van der Waals surface area contributed by atoms with Crippen LogP contribution in [0.2, 0.25) is 0 Å². The van der Waals surface area contributed by atoms with E-state index in [0.29, 0.717) is 0 Å². The summed E-state index contributed by atoms with van der Waals surface area (Å²) in [4.78, 5) is 25.0. The minimum atomic E-state index is -1.06. The summed E-state index contributed by atoms with van der Waals surface area (Å²) in [5, 5.41) is 8.57. The zero-order valence-corrected chi connectivity index (χ0v) is 7.47. The Morgan fingerprint density at radius 1 is 1.79 bits per heavy atom. The highest BCUT2D eigenvalue weighted by atomic mass is 16.4. The third kappa shape index (κ3) is 2.22. The molecule has 1 rings (SSSR count). The van der Waals surface area contributed by atoms with E-state index >= 15 is 0 Å². The number of nitrogens with zero attached hydrogens (tertiary/aromatic N) is 2. The Hall–Kier alpha value is -2.05. The monoisotopic (exact) mass is 198 g/mol. The lowest BCUT2D eigenvalue weighted by molar-refractivity contribution is -0.137. The van der Waals surface area contributed by atoms with Crippen molar-refractivity contribution in [3.8, 4) is 0 Å². The van der Waals surface area contributed by atoms with Gasteiger partial charge in [-0.25, -0.2) is 14.3 Å². The second-order valence-electron chi connectivity index (χ2n) is 2.69. The van der Waals surface area contributed by atoms with Gasteiger partial charge in [0.2, 0.25) is 0 Å². The predicted molar refractivity (Wildman–Crippen MR) is 49.4 cm³/mol. The fraction of sp³-hybridized carbons (Fsp3) is 0.286. The minimum Gasteiger partial charge on any atom is -0.480 e. The number of nitrogen functional groups attached to an aromatic ring is 1. The lowest BCUT2D eigenvalue weighted by Crippen LogP contribution is -2.39. The number of anilines is 1. The number of hydrogen-bond acceptors (Lipinski definition) is 5. The first kappa shape index (κ1) is 10.0. The standard InChI is InChI=1S/C7H10N4O3/c1-4(6(12)13)10-11-3-2-5(8)9-7(11)14/h2-4,10H,1H3,(H,12,13)(H2,8,9,14). The van der Waals surface area contributed by atoms with E-state index in [9.17, 15) is 9.59 Å². The van der Waals surface area contributed by atoms with Crippen molar-refractivity contribution >= 4 is 11.8 Å². The molecule has 1 aromatic rings. The van der Waals surface area contributed by atoms with E-state index in [1.54, 1.807) is 0 Å². The van der Waals surface area contributed by atoms with Crippen molar-refractivity contribution in [3.05, 3.63) is 22.7 Å². The van der Waals surface area contributed by atoms with Crippen LogP contribution in [0.4, 0.5) is 5.82 Å². The Balaban J connectivity index is 2.88. The van der Waals surface area contributed by atoms with E-state index in [4.69, 9.17) is 10.8 Å². The van der Waals surface area contributed by atoms with Crippen molar-refractivity contribution in [2.45, 2.75) is 13.0 Å². The van der Waals surface area contributed by atoms with Gasteiger partial charge in [0.1, 0.15) is 11.9 Å². The second kappa shape index (κ2) is 3.77. The van der Waals surface area contributed by atoms with Gasteiger partial charge >= 0.3 is 11.7 Å². The third-order valence-corrected chi connectivity index (χ3v) is 1.53. The SMILES string of the molecule is CC(Nn1ccc(N)nc1=O)C(=O)O. The number of carboxylic acid groups (broad SMARTS) is 1.